The van der Waals surface area contributed by atoms with Crippen LogP contribution in [0.5, 0.6) is 0 Å². The predicted octanol–water partition coefficient (Wildman–Crippen LogP) is 2.83. The standard InChI is InChI=1S/C18H25NO4/c1-3-23-17(21)18(11-5-4-6-12-18)19-16(20)15-9-7-14(8-10-15)13-22-2/h7-10H,3-6,11-13H2,1-2H3,(H,19,20). The minimum Gasteiger partial charge on any atom is -0.464 e. The van der Waals surface area contributed by atoms with Crippen molar-refractivity contribution in [1.82, 2.24) is 5.32 Å². The molecule has 1 aliphatic rings. The summed E-state index contributed by atoms with van der Waals surface area (Å²) < 4.78 is 10.3. The van der Waals surface area contributed by atoms with E-state index < -0.39 is 5.54 Å². The van der Waals surface area contributed by atoms with Crippen molar-refractivity contribution in [3.63, 3.8) is 0 Å². The van der Waals surface area contributed by atoms with Crippen LogP contribution in [-0.4, -0.2) is 31.1 Å². The molecule has 23 heavy (non-hydrogen) atoms. The van der Waals surface area contributed by atoms with E-state index in [2.05, 4.69) is 5.32 Å². The molecule has 0 unspecified atom stereocenters. The Labute approximate surface area is 137 Å². The third kappa shape index (κ3) is 4.32. The summed E-state index contributed by atoms with van der Waals surface area (Å²) in [5.74, 6) is -0.548. The van der Waals surface area contributed by atoms with E-state index in [0.717, 1.165) is 24.8 Å². The molecule has 0 atom stereocenters. The first kappa shape index (κ1) is 17.5. The van der Waals surface area contributed by atoms with E-state index in [9.17, 15) is 9.59 Å². The number of benzene rings is 1. The lowest BCUT2D eigenvalue weighted by atomic mass is 9.81. The van der Waals surface area contributed by atoms with Crippen molar-refractivity contribution < 1.29 is 19.1 Å². The number of carbonyl (C=O) groups excluding carboxylic acids is 2. The monoisotopic (exact) mass is 319 g/mol. The molecule has 1 N–H and O–H groups in total. The number of carbonyl (C=O) groups is 2. The lowest BCUT2D eigenvalue weighted by molar-refractivity contribution is -0.152. The maximum atomic E-state index is 12.5. The Balaban J connectivity index is 2.12. The fourth-order valence-electron chi connectivity index (χ4n) is 3.01. The maximum Gasteiger partial charge on any atom is 0.331 e. The molecule has 2 rings (SSSR count). The molecule has 0 bridgehead atoms. The van der Waals surface area contributed by atoms with Gasteiger partial charge in [0.05, 0.1) is 13.2 Å². The van der Waals surface area contributed by atoms with Crippen LogP contribution in [0.4, 0.5) is 0 Å². The zero-order valence-electron chi connectivity index (χ0n) is 13.9. The topological polar surface area (TPSA) is 64.6 Å². The second kappa shape index (κ2) is 8.11. The first-order valence-electron chi connectivity index (χ1n) is 8.19. The molecule has 0 spiro atoms. The van der Waals surface area contributed by atoms with Gasteiger partial charge < -0.3 is 14.8 Å². The Morgan fingerprint density at radius 3 is 2.35 bits per heavy atom. The van der Waals surface area contributed by atoms with Crippen molar-refractivity contribution >= 4 is 11.9 Å². The number of nitrogens with one attached hydrogen (secondary N) is 1. The van der Waals surface area contributed by atoms with Crippen molar-refractivity contribution in [2.24, 2.45) is 0 Å². The SMILES string of the molecule is CCOC(=O)C1(NC(=O)c2ccc(COC)cc2)CCCCC1. The quantitative estimate of drug-likeness (QED) is 0.819. The third-order valence-corrected chi connectivity index (χ3v) is 4.25. The van der Waals surface area contributed by atoms with Crippen molar-refractivity contribution in [3.8, 4) is 0 Å². The number of esters is 1. The highest BCUT2D eigenvalue weighted by atomic mass is 16.5. The normalized spacial score (nSPS) is 16.6. The molecule has 1 amide bonds. The molecular weight excluding hydrogens is 294 g/mol. The van der Waals surface area contributed by atoms with Crippen LogP contribution in [0.25, 0.3) is 0 Å². The highest BCUT2D eigenvalue weighted by Gasteiger charge is 2.42. The second-order valence-electron chi connectivity index (χ2n) is 5.95. The van der Waals surface area contributed by atoms with E-state index in [1.807, 2.05) is 12.1 Å². The Hall–Kier alpha value is -1.88. The fraction of sp³-hybridized carbons (Fsp3) is 0.556. The van der Waals surface area contributed by atoms with Gasteiger partial charge in [-0.25, -0.2) is 4.79 Å². The molecule has 0 heterocycles. The van der Waals surface area contributed by atoms with E-state index in [-0.39, 0.29) is 11.9 Å². The highest BCUT2D eigenvalue weighted by molar-refractivity contribution is 5.98. The summed E-state index contributed by atoms with van der Waals surface area (Å²) in [7, 11) is 1.63. The van der Waals surface area contributed by atoms with Gasteiger partial charge in [0.1, 0.15) is 5.54 Å². The van der Waals surface area contributed by atoms with Crippen LogP contribution >= 0.6 is 0 Å². The van der Waals surface area contributed by atoms with Crippen LogP contribution in [0.3, 0.4) is 0 Å². The van der Waals surface area contributed by atoms with E-state index in [0.29, 0.717) is 31.6 Å². The second-order valence-corrected chi connectivity index (χ2v) is 5.95. The summed E-state index contributed by atoms with van der Waals surface area (Å²) in [5, 5.41) is 2.94. The van der Waals surface area contributed by atoms with Gasteiger partial charge in [-0.05, 0) is 37.5 Å². The zero-order valence-corrected chi connectivity index (χ0v) is 13.9. The number of amides is 1. The van der Waals surface area contributed by atoms with Gasteiger partial charge in [-0.15, -0.1) is 0 Å². The van der Waals surface area contributed by atoms with E-state index >= 15 is 0 Å². The lowest BCUT2D eigenvalue weighted by Crippen LogP contribution is -2.56. The first-order chi connectivity index (χ1) is 11.1. The summed E-state index contributed by atoms with van der Waals surface area (Å²) in [6.45, 7) is 2.61. The van der Waals surface area contributed by atoms with Crippen LogP contribution in [0.2, 0.25) is 0 Å². The van der Waals surface area contributed by atoms with Crippen LogP contribution in [0, 0.1) is 0 Å². The van der Waals surface area contributed by atoms with Crippen LogP contribution in [0.1, 0.15) is 54.9 Å². The van der Waals surface area contributed by atoms with Gasteiger partial charge in [0.25, 0.3) is 5.91 Å². The largest absolute Gasteiger partial charge is 0.464 e. The van der Waals surface area contributed by atoms with Crippen LogP contribution in [0.15, 0.2) is 24.3 Å². The van der Waals surface area contributed by atoms with Gasteiger partial charge >= 0.3 is 5.97 Å². The average molecular weight is 319 g/mol. The van der Waals surface area contributed by atoms with Crippen LogP contribution in [-0.2, 0) is 20.9 Å². The summed E-state index contributed by atoms with van der Waals surface area (Å²) in [6.07, 6.45) is 4.21. The number of ether oxygens (including phenoxy) is 2. The fourth-order valence-corrected chi connectivity index (χ4v) is 3.01. The zero-order chi connectivity index (χ0) is 16.7. The highest BCUT2D eigenvalue weighted by Crippen LogP contribution is 2.30. The summed E-state index contributed by atoms with van der Waals surface area (Å²) in [6, 6.07) is 7.23. The third-order valence-electron chi connectivity index (χ3n) is 4.25. The lowest BCUT2D eigenvalue weighted by Gasteiger charge is -2.35. The van der Waals surface area contributed by atoms with Crippen molar-refractivity contribution in [2.45, 2.75) is 51.2 Å². The molecule has 0 radical (unpaired) electrons. The van der Waals surface area contributed by atoms with Gasteiger partial charge in [-0.1, -0.05) is 31.4 Å². The molecule has 0 saturated heterocycles. The smallest absolute Gasteiger partial charge is 0.331 e. The molecule has 1 fully saturated rings. The Kier molecular flexibility index (Phi) is 6.16. The number of hydrogen-bond donors (Lipinski definition) is 1. The Morgan fingerprint density at radius 2 is 1.78 bits per heavy atom. The molecular formula is C18H25NO4. The summed E-state index contributed by atoms with van der Waals surface area (Å²) >= 11 is 0. The van der Waals surface area contributed by atoms with E-state index in [1.165, 1.54) is 0 Å². The molecule has 5 nitrogen and oxygen atoms in total. The Morgan fingerprint density at radius 1 is 1.13 bits per heavy atom. The average Bonchev–Trinajstić information content (AvgIpc) is 2.57. The van der Waals surface area contributed by atoms with Crippen LogP contribution < -0.4 is 5.32 Å². The van der Waals surface area contributed by atoms with Gasteiger partial charge in [0.2, 0.25) is 0 Å². The maximum absolute atomic E-state index is 12.5. The van der Waals surface area contributed by atoms with Crippen molar-refractivity contribution in [3.05, 3.63) is 35.4 Å². The van der Waals surface area contributed by atoms with E-state index in [4.69, 9.17) is 9.47 Å². The molecule has 126 valence electrons. The van der Waals surface area contributed by atoms with E-state index in [1.54, 1.807) is 26.2 Å². The molecule has 1 aliphatic carbocycles. The Bertz CT molecular complexity index is 532. The molecule has 5 heteroatoms. The number of methoxy groups -OCH3 is 1. The molecule has 1 aromatic rings. The first-order valence-corrected chi connectivity index (χ1v) is 8.19. The van der Waals surface area contributed by atoms with Gasteiger partial charge in [0, 0.05) is 12.7 Å². The number of hydrogen-bond acceptors (Lipinski definition) is 4. The summed E-state index contributed by atoms with van der Waals surface area (Å²) in [4.78, 5) is 24.9. The van der Waals surface area contributed by atoms with Crippen molar-refractivity contribution in [1.29, 1.82) is 0 Å². The van der Waals surface area contributed by atoms with Gasteiger partial charge in [0.15, 0.2) is 0 Å². The van der Waals surface area contributed by atoms with Gasteiger partial charge in [-0.3, -0.25) is 4.79 Å². The van der Waals surface area contributed by atoms with Gasteiger partial charge in [-0.2, -0.15) is 0 Å². The molecule has 0 aromatic heterocycles. The minimum absolute atomic E-state index is 0.232. The number of rotatable bonds is 6. The molecule has 0 aliphatic heterocycles. The molecule has 1 saturated carbocycles. The minimum atomic E-state index is -0.878. The van der Waals surface area contributed by atoms with Crippen molar-refractivity contribution in [2.75, 3.05) is 13.7 Å². The summed E-state index contributed by atoms with van der Waals surface area (Å²) in [5.41, 5.74) is 0.664. The predicted molar refractivity (Wildman–Crippen MR) is 87.1 cm³/mol. The molecule has 1 aromatic carbocycles.